The number of rotatable bonds is 6. The van der Waals surface area contributed by atoms with Gasteiger partial charge in [0.15, 0.2) is 0 Å². The fourth-order valence-electron chi connectivity index (χ4n) is 4.18. The number of amides is 1. The lowest BCUT2D eigenvalue weighted by Crippen LogP contribution is -2.53. The number of likely N-dealkylation sites (tertiary alicyclic amines) is 1. The predicted octanol–water partition coefficient (Wildman–Crippen LogP) is 1.92. The van der Waals surface area contributed by atoms with Gasteiger partial charge in [-0.25, -0.2) is 0 Å². The Bertz CT molecular complexity index is 519. The number of H-pyrrole nitrogens is 1. The third kappa shape index (κ3) is 3.28. The molecule has 23 heavy (non-hydrogen) atoms. The molecule has 6 nitrogen and oxygen atoms in total. The Morgan fingerprint density at radius 1 is 1.48 bits per heavy atom. The third-order valence-electron chi connectivity index (χ3n) is 5.61. The van der Waals surface area contributed by atoms with E-state index in [-0.39, 0.29) is 23.7 Å². The van der Waals surface area contributed by atoms with E-state index in [4.69, 9.17) is 9.47 Å². The molecule has 2 fully saturated rings. The SMILES string of the molecule is CO[C@@H]1CC[C@]2(OC)CCN(C(=O)CCCc3cn[nH]c3)[C@@H]2C1. The molecule has 1 amide bonds. The topological polar surface area (TPSA) is 67.5 Å². The number of methoxy groups -OCH3 is 2. The fraction of sp³-hybridized carbons (Fsp3) is 0.765. The van der Waals surface area contributed by atoms with Crippen molar-refractivity contribution < 1.29 is 14.3 Å². The van der Waals surface area contributed by atoms with Crippen molar-refractivity contribution >= 4 is 5.91 Å². The first-order valence-corrected chi connectivity index (χ1v) is 8.53. The Kier molecular flexibility index (Phi) is 5.02. The van der Waals surface area contributed by atoms with Crippen molar-refractivity contribution in [3.05, 3.63) is 18.0 Å². The second kappa shape index (κ2) is 7.01. The van der Waals surface area contributed by atoms with Crippen molar-refractivity contribution in [3.8, 4) is 0 Å². The van der Waals surface area contributed by atoms with Gasteiger partial charge in [-0.2, -0.15) is 5.10 Å². The monoisotopic (exact) mass is 321 g/mol. The molecule has 1 aromatic heterocycles. The summed E-state index contributed by atoms with van der Waals surface area (Å²) in [7, 11) is 3.55. The lowest BCUT2D eigenvalue weighted by atomic mass is 9.79. The van der Waals surface area contributed by atoms with Crippen LogP contribution in [0.1, 0.15) is 44.1 Å². The molecular weight excluding hydrogens is 294 g/mol. The molecule has 3 atom stereocenters. The molecule has 1 aromatic rings. The summed E-state index contributed by atoms with van der Waals surface area (Å²) >= 11 is 0. The molecule has 0 radical (unpaired) electrons. The number of hydrogen-bond acceptors (Lipinski definition) is 4. The van der Waals surface area contributed by atoms with Crippen molar-refractivity contribution in [3.63, 3.8) is 0 Å². The number of nitrogens with one attached hydrogen (secondary N) is 1. The predicted molar refractivity (Wildman–Crippen MR) is 86.0 cm³/mol. The van der Waals surface area contributed by atoms with E-state index in [1.807, 2.05) is 17.3 Å². The number of hydrogen-bond donors (Lipinski definition) is 1. The highest BCUT2D eigenvalue weighted by atomic mass is 16.5. The Labute approximate surface area is 137 Å². The van der Waals surface area contributed by atoms with Crippen LogP contribution >= 0.6 is 0 Å². The molecule has 1 aliphatic carbocycles. The maximum Gasteiger partial charge on any atom is 0.222 e. The first kappa shape index (κ1) is 16.5. The summed E-state index contributed by atoms with van der Waals surface area (Å²) in [5.41, 5.74) is 0.998. The van der Waals surface area contributed by atoms with E-state index < -0.39 is 0 Å². The zero-order valence-electron chi connectivity index (χ0n) is 14.1. The first-order chi connectivity index (χ1) is 11.2. The van der Waals surface area contributed by atoms with Gasteiger partial charge in [0.05, 0.1) is 23.9 Å². The summed E-state index contributed by atoms with van der Waals surface area (Å²) < 4.78 is 11.4. The normalized spacial score (nSPS) is 30.4. The lowest BCUT2D eigenvalue weighted by Gasteiger charge is -2.43. The van der Waals surface area contributed by atoms with Crippen molar-refractivity contribution in [1.29, 1.82) is 0 Å². The number of carbonyl (C=O) groups excluding carboxylic acids is 1. The molecule has 6 heteroatoms. The van der Waals surface area contributed by atoms with Gasteiger partial charge in [-0.1, -0.05) is 0 Å². The van der Waals surface area contributed by atoms with E-state index in [1.54, 1.807) is 14.2 Å². The van der Waals surface area contributed by atoms with Crippen molar-refractivity contribution in [2.24, 2.45) is 0 Å². The zero-order chi connectivity index (χ0) is 16.3. The maximum absolute atomic E-state index is 12.7. The van der Waals surface area contributed by atoms with Gasteiger partial charge in [0.2, 0.25) is 5.91 Å². The number of nitrogens with zero attached hydrogens (tertiary/aromatic N) is 2. The second-order valence-electron chi connectivity index (χ2n) is 6.71. The first-order valence-electron chi connectivity index (χ1n) is 8.53. The van der Waals surface area contributed by atoms with Crippen LogP contribution in [0.25, 0.3) is 0 Å². The van der Waals surface area contributed by atoms with Gasteiger partial charge in [-0.05, 0) is 44.1 Å². The lowest BCUT2D eigenvalue weighted by molar-refractivity contribution is -0.140. The number of ether oxygens (including phenoxy) is 2. The molecule has 1 saturated carbocycles. The number of fused-ring (bicyclic) bond motifs is 1. The highest BCUT2D eigenvalue weighted by Crippen LogP contribution is 2.43. The van der Waals surface area contributed by atoms with E-state index in [9.17, 15) is 4.79 Å². The summed E-state index contributed by atoms with van der Waals surface area (Å²) in [6, 6.07) is 0.160. The minimum absolute atomic E-state index is 0.157. The highest BCUT2D eigenvalue weighted by molar-refractivity contribution is 5.77. The summed E-state index contributed by atoms with van der Waals surface area (Å²) in [4.78, 5) is 14.7. The van der Waals surface area contributed by atoms with Gasteiger partial charge in [0, 0.05) is 33.4 Å². The Morgan fingerprint density at radius 2 is 2.35 bits per heavy atom. The maximum atomic E-state index is 12.7. The Balaban J connectivity index is 1.59. The van der Waals surface area contributed by atoms with Crippen molar-refractivity contribution in [2.45, 2.75) is 62.7 Å². The van der Waals surface area contributed by atoms with Crippen molar-refractivity contribution in [2.75, 3.05) is 20.8 Å². The van der Waals surface area contributed by atoms with Gasteiger partial charge in [0.1, 0.15) is 0 Å². The van der Waals surface area contributed by atoms with Crippen LogP contribution in [0.3, 0.4) is 0 Å². The van der Waals surface area contributed by atoms with Crippen LogP contribution in [0.15, 0.2) is 12.4 Å². The van der Waals surface area contributed by atoms with Gasteiger partial charge >= 0.3 is 0 Å². The van der Waals surface area contributed by atoms with Gasteiger partial charge in [-0.15, -0.1) is 0 Å². The van der Waals surface area contributed by atoms with E-state index in [2.05, 4.69) is 10.2 Å². The summed E-state index contributed by atoms with van der Waals surface area (Å²) in [6.07, 6.45) is 10.1. The molecule has 1 N–H and O–H groups in total. The van der Waals surface area contributed by atoms with E-state index >= 15 is 0 Å². The van der Waals surface area contributed by atoms with Gasteiger partial charge in [-0.3, -0.25) is 9.89 Å². The molecule has 128 valence electrons. The smallest absolute Gasteiger partial charge is 0.222 e. The highest BCUT2D eigenvalue weighted by Gasteiger charge is 2.52. The molecule has 0 bridgehead atoms. The molecule has 3 rings (SSSR count). The average molecular weight is 321 g/mol. The summed E-state index contributed by atoms with van der Waals surface area (Å²) in [6.45, 7) is 0.805. The van der Waals surface area contributed by atoms with Crippen LogP contribution in [0, 0.1) is 0 Å². The Hall–Kier alpha value is -1.40. The summed E-state index contributed by atoms with van der Waals surface area (Å²) in [5.74, 6) is 0.245. The van der Waals surface area contributed by atoms with Gasteiger partial charge < -0.3 is 14.4 Å². The van der Waals surface area contributed by atoms with Crippen LogP contribution in [-0.2, 0) is 20.7 Å². The third-order valence-corrected chi connectivity index (χ3v) is 5.61. The minimum Gasteiger partial charge on any atom is -0.381 e. The standard InChI is InChI=1S/C17H27N3O3/c1-22-14-6-7-17(23-2)8-9-20(15(17)10-14)16(21)5-3-4-13-11-18-19-12-13/h11-12,14-15H,3-10H2,1-2H3,(H,18,19)/t14-,15-,17+/m1/s1. The van der Waals surface area contributed by atoms with Crippen LogP contribution in [0.5, 0.6) is 0 Å². The van der Waals surface area contributed by atoms with E-state index in [0.29, 0.717) is 6.42 Å². The Morgan fingerprint density at radius 3 is 3.04 bits per heavy atom. The molecular formula is C17H27N3O3. The van der Waals surface area contributed by atoms with Gasteiger partial charge in [0.25, 0.3) is 0 Å². The van der Waals surface area contributed by atoms with Crippen LogP contribution in [-0.4, -0.2) is 59.5 Å². The molecule has 1 saturated heterocycles. The van der Waals surface area contributed by atoms with Crippen molar-refractivity contribution in [1.82, 2.24) is 15.1 Å². The van der Waals surface area contributed by atoms with Crippen LogP contribution < -0.4 is 0 Å². The van der Waals surface area contributed by atoms with E-state index in [0.717, 1.165) is 50.6 Å². The fourth-order valence-corrected chi connectivity index (χ4v) is 4.18. The van der Waals surface area contributed by atoms with Crippen LogP contribution in [0.4, 0.5) is 0 Å². The quantitative estimate of drug-likeness (QED) is 0.869. The molecule has 0 spiro atoms. The number of aryl methyl sites for hydroxylation is 1. The number of aromatic amines is 1. The number of aromatic nitrogens is 2. The largest absolute Gasteiger partial charge is 0.381 e. The summed E-state index contributed by atoms with van der Waals surface area (Å²) in [5, 5.41) is 6.75. The molecule has 0 aromatic carbocycles. The second-order valence-corrected chi connectivity index (χ2v) is 6.71. The molecule has 2 heterocycles. The van der Waals surface area contributed by atoms with Crippen LogP contribution in [0.2, 0.25) is 0 Å². The van der Waals surface area contributed by atoms with E-state index in [1.165, 1.54) is 0 Å². The zero-order valence-corrected chi connectivity index (χ0v) is 14.1. The molecule has 0 unspecified atom stereocenters. The molecule has 2 aliphatic rings. The molecule has 1 aliphatic heterocycles. The minimum atomic E-state index is -0.157. The average Bonchev–Trinajstić information content (AvgIpc) is 3.21. The number of carbonyl (C=O) groups is 1.